The standard InChI is InChI=1S/C18H34O5S.H3N/c1-2-3-4-5-6-7-8-9-10-11-12-13-14-15-16-17-18(19)23-24(20,21)22;/h9-10H,2-8,11-17H2,1H3,(H,20,21,22);1H3. The molecule has 6 nitrogen and oxygen atoms in total. The highest BCUT2D eigenvalue weighted by Crippen LogP contribution is 2.10. The fraction of sp³-hybridized carbons (Fsp3) is 0.833. The summed E-state index contributed by atoms with van der Waals surface area (Å²) in [5.74, 6) is -0.893. The zero-order chi connectivity index (χ0) is 18.1. The summed E-state index contributed by atoms with van der Waals surface area (Å²) < 4.78 is 32.8. The average molecular weight is 380 g/mol. The van der Waals surface area contributed by atoms with Crippen molar-refractivity contribution in [1.29, 1.82) is 0 Å². The zero-order valence-electron chi connectivity index (χ0n) is 15.7. The number of hydrogen-bond donors (Lipinski definition) is 2. The van der Waals surface area contributed by atoms with Gasteiger partial charge < -0.3 is 10.3 Å². The van der Waals surface area contributed by atoms with Crippen molar-refractivity contribution < 1.29 is 21.9 Å². The van der Waals surface area contributed by atoms with Crippen LogP contribution in [0.2, 0.25) is 0 Å². The van der Waals surface area contributed by atoms with E-state index in [4.69, 9.17) is 4.55 Å². The Morgan fingerprint density at radius 1 is 0.840 bits per heavy atom. The number of unbranched alkanes of at least 4 members (excludes halogenated alkanes) is 11. The molecule has 150 valence electrons. The molecule has 0 aromatic rings. The minimum Gasteiger partial charge on any atom is -0.344 e. The van der Waals surface area contributed by atoms with Gasteiger partial charge in [-0.15, -0.1) is 0 Å². The van der Waals surface area contributed by atoms with Crippen LogP contribution in [0.25, 0.3) is 0 Å². The van der Waals surface area contributed by atoms with Crippen LogP contribution in [0.1, 0.15) is 96.8 Å². The molecule has 0 atom stereocenters. The van der Waals surface area contributed by atoms with Gasteiger partial charge in [0.1, 0.15) is 0 Å². The van der Waals surface area contributed by atoms with E-state index in [1.54, 1.807) is 0 Å². The Kier molecular flexibility index (Phi) is 18.8. The maximum Gasteiger partial charge on any atom is 0.448 e. The summed E-state index contributed by atoms with van der Waals surface area (Å²) in [6.45, 7) is 2.24. The van der Waals surface area contributed by atoms with Gasteiger partial charge in [0.25, 0.3) is 0 Å². The quantitative estimate of drug-likeness (QED) is 0.207. The normalized spacial score (nSPS) is 11.4. The van der Waals surface area contributed by atoms with Crippen molar-refractivity contribution in [2.24, 2.45) is 0 Å². The molecule has 0 rings (SSSR count). The van der Waals surface area contributed by atoms with Gasteiger partial charge in [-0.25, -0.2) is 0 Å². The second kappa shape index (κ2) is 17.9. The van der Waals surface area contributed by atoms with Crippen LogP contribution in [0.3, 0.4) is 0 Å². The topological polar surface area (TPSA) is 116 Å². The Hall–Kier alpha value is -0.920. The number of allylic oxidation sites excluding steroid dienone is 2. The van der Waals surface area contributed by atoms with Crippen LogP contribution in [0.15, 0.2) is 12.2 Å². The van der Waals surface area contributed by atoms with E-state index in [9.17, 15) is 13.2 Å². The van der Waals surface area contributed by atoms with Gasteiger partial charge in [-0.05, 0) is 32.1 Å². The van der Waals surface area contributed by atoms with E-state index in [0.717, 1.165) is 32.1 Å². The lowest BCUT2D eigenvalue weighted by molar-refractivity contribution is -0.134. The summed E-state index contributed by atoms with van der Waals surface area (Å²) in [6, 6.07) is 0. The van der Waals surface area contributed by atoms with Crippen LogP contribution in [0, 0.1) is 0 Å². The van der Waals surface area contributed by atoms with E-state index in [-0.39, 0.29) is 12.6 Å². The third kappa shape index (κ3) is 23.1. The molecule has 0 amide bonds. The van der Waals surface area contributed by atoms with Gasteiger partial charge >= 0.3 is 16.4 Å². The maximum absolute atomic E-state index is 11.0. The summed E-state index contributed by atoms with van der Waals surface area (Å²) in [4.78, 5) is 11.0. The molecule has 0 aromatic carbocycles. The van der Waals surface area contributed by atoms with Crippen LogP contribution >= 0.6 is 0 Å². The van der Waals surface area contributed by atoms with Gasteiger partial charge in [-0.3, -0.25) is 9.35 Å². The molecular formula is C18H37NO5S. The zero-order valence-corrected chi connectivity index (χ0v) is 16.6. The first-order chi connectivity index (χ1) is 11.5. The minimum absolute atomic E-state index is 0. The van der Waals surface area contributed by atoms with Gasteiger partial charge in [0.2, 0.25) is 0 Å². The first-order valence-electron chi connectivity index (χ1n) is 9.30. The molecular weight excluding hydrogens is 342 g/mol. The lowest BCUT2D eigenvalue weighted by Gasteiger charge is -2.01. The summed E-state index contributed by atoms with van der Waals surface area (Å²) >= 11 is 0. The van der Waals surface area contributed by atoms with Crippen molar-refractivity contribution in [3.63, 3.8) is 0 Å². The van der Waals surface area contributed by atoms with Crippen LogP contribution in [-0.4, -0.2) is 18.9 Å². The molecule has 0 fully saturated rings. The summed E-state index contributed by atoms with van der Waals surface area (Å²) in [7, 11) is -4.65. The third-order valence-electron chi connectivity index (χ3n) is 3.84. The maximum atomic E-state index is 11.0. The fourth-order valence-corrected chi connectivity index (χ4v) is 2.82. The second-order valence-corrected chi connectivity index (χ2v) is 7.24. The Labute approximate surface area is 154 Å². The van der Waals surface area contributed by atoms with E-state index < -0.39 is 16.4 Å². The van der Waals surface area contributed by atoms with E-state index in [1.807, 2.05) is 0 Å². The monoisotopic (exact) mass is 379 g/mol. The van der Waals surface area contributed by atoms with Gasteiger partial charge in [-0.2, -0.15) is 8.42 Å². The van der Waals surface area contributed by atoms with Gasteiger partial charge in [-0.1, -0.05) is 70.4 Å². The first kappa shape index (κ1) is 26.3. The van der Waals surface area contributed by atoms with Crippen LogP contribution in [0.4, 0.5) is 0 Å². The van der Waals surface area contributed by atoms with Crippen molar-refractivity contribution in [2.75, 3.05) is 0 Å². The SMILES string of the molecule is CCCCCCCCC=CCCCCCCCC(=O)OS(=O)(=O)O.N. The summed E-state index contributed by atoms with van der Waals surface area (Å²) in [5, 5.41) is 0. The van der Waals surface area contributed by atoms with E-state index in [0.29, 0.717) is 6.42 Å². The van der Waals surface area contributed by atoms with Gasteiger partial charge in [0.05, 0.1) is 0 Å². The molecule has 0 spiro atoms. The van der Waals surface area contributed by atoms with Crippen molar-refractivity contribution in [3.05, 3.63) is 12.2 Å². The van der Waals surface area contributed by atoms with E-state index >= 15 is 0 Å². The van der Waals surface area contributed by atoms with E-state index in [2.05, 4.69) is 23.3 Å². The number of hydrogen-bond acceptors (Lipinski definition) is 5. The Morgan fingerprint density at radius 2 is 1.28 bits per heavy atom. The predicted molar refractivity (Wildman–Crippen MR) is 102 cm³/mol. The average Bonchev–Trinajstić information content (AvgIpc) is 2.49. The lowest BCUT2D eigenvalue weighted by Crippen LogP contribution is -2.11. The number of rotatable bonds is 16. The summed E-state index contributed by atoms with van der Waals surface area (Å²) in [6.07, 6.45) is 19.6. The molecule has 0 aliphatic rings. The molecule has 0 saturated carbocycles. The highest BCUT2D eigenvalue weighted by atomic mass is 32.3. The van der Waals surface area contributed by atoms with Crippen LogP contribution in [0.5, 0.6) is 0 Å². The highest BCUT2D eigenvalue weighted by Gasteiger charge is 2.12. The molecule has 0 aromatic heterocycles. The molecule has 0 unspecified atom stereocenters. The molecule has 0 aliphatic carbocycles. The molecule has 25 heavy (non-hydrogen) atoms. The fourth-order valence-electron chi connectivity index (χ4n) is 2.50. The van der Waals surface area contributed by atoms with Crippen molar-refractivity contribution >= 4 is 16.4 Å². The number of carbonyl (C=O) groups is 1. The van der Waals surface area contributed by atoms with Crippen molar-refractivity contribution in [2.45, 2.75) is 96.8 Å². The molecule has 0 radical (unpaired) electrons. The first-order valence-corrected chi connectivity index (χ1v) is 10.7. The van der Waals surface area contributed by atoms with Gasteiger partial charge in [0.15, 0.2) is 0 Å². The van der Waals surface area contributed by atoms with Crippen molar-refractivity contribution in [3.8, 4) is 0 Å². The smallest absolute Gasteiger partial charge is 0.344 e. The van der Waals surface area contributed by atoms with Crippen molar-refractivity contribution in [1.82, 2.24) is 6.15 Å². The third-order valence-corrected chi connectivity index (χ3v) is 4.24. The molecule has 7 heteroatoms. The Bertz CT molecular complexity index is 435. The molecule has 0 aliphatic heterocycles. The summed E-state index contributed by atoms with van der Waals surface area (Å²) in [5.41, 5.74) is 0. The molecule has 4 N–H and O–H groups in total. The molecule has 0 heterocycles. The minimum atomic E-state index is -4.65. The lowest BCUT2D eigenvalue weighted by atomic mass is 10.1. The van der Waals surface area contributed by atoms with Crippen LogP contribution < -0.4 is 6.15 Å². The Morgan fingerprint density at radius 3 is 1.76 bits per heavy atom. The largest absolute Gasteiger partial charge is 0.448 e. The number of carbonyl (C=O) groups excluding carboxylic acids is 1. The predicted octanol–water partition coefficient (Wildman–Crippen LogP) is 5.53. The highest BCUT2D eigenvalue weighted by molar-refractivity contribution is 7.81. The van der Waals surface area contributed by atoms with Gasteiger partial charge in [0, 0.05) is 6.42 Å². The van der Waals surface area contributed by atoms with Crippen LogP contribution in [-0.2, 0) is 19.4 Å². The van der Waals surface area contributed by atoms with E-state index in [1.165, 1.54) is 44.9 Å². The second-order valence-electron chi connectivity index (χ2n) is 6.22. The molecule has 0 saturated heterocycles. The molecule has 0 bridgehead atoms. The Balaban J connectivity index is 0.